The quantitative estimate of drug-likeness (QED) is 0.827. The van der Waals surface area contributed by atoms with E-state index >= 15 is 0 Å². The van der Waals surface area contributed by atoms with Crippen molar-refractivity contribution in [2.24, 2.45) is 5.92 Å². The highest BCUT2D eigenvalue weighted by atomic mass is 32.1. The van der Waals surface area contributed by atoms with Gasteiger partial charge in [0.15, 0.2) is 0 Å². The first-order valence-electron chi connectivity index (χ1n) is 6.21. The lowest BCUT2D eigenvalue weighted by atomic mass is 10.1. The first kappa shape index (κ1) is 13.4. The molecular formula is C13H19NO3S. The van der Waals surface area contributed by atoms with Crippen molar-refractivity contribution in [1.82, 2.24) is 0 Å². The third-order valence-corrected chi connectivity index (χ3v) is 4.37. The van der Waals surface area contributed by atoms with Gasteiger partial charge in [-0.3, -0.25) is 0 Å². The minimum Gasteiger partial charge on any atom is -0.477 e. The molecular weight excluding hydrogens is 250 g/mol. The molecule has 1 aromatic rings. The summed E-state index contributed by atoms with van der Waals surface area (Å²) in [4.78, 5) is 13.6. The molecule has 1 atom stereocenters. The van der Waals surface area contributed by atoms with Crippen LogP contribution in [0.5, 0.6) is 0 Å². The Labute approximate surface area is 111 Å². The molecule has 1 saturated carbocycles. The molecule has 0 spiro atoms. The zero-order valence-electron chi connectivity index (χ0n) is 10.8. The van der Waals surface area contributed by atoms with E-state index in [1.54, 1.807) is 13.2 Å². The van der Waals surface area contributed by atoms with Gasteiger partial charge in [0.25, 0.3) is 0 Å². The number of carboxylic acids is 1. The maximum absolute atomic E-state index is 10.9. The predicted octanol–water partition coefficient (Wildman–Crippen LogP) is 2.70. The van der Waals surface area contributed by atoms with Crippen molar-refractivity contribution in [3.63, 3.8) is 0 Å². The van der Waals surface area contributed by atoms with Crippen molar-refractivity contribution < 1.29 is 14.6 Å². The molecule has 0 amide bonds. The van der Waals surface area contributed by atoms with E-state index < -0.39 is 5.97 Å². The number of methoxy groups -OCH3 is 1. The van der Waals surface area contributed by atoms with Crippen molar-refractivity contribution in [3.8, 4) is 0 Å². The zero-order chi connectivity index (χ0) is 13.1. The standard InChI is InChI=1S/C13H19NO3S/c1-9(10-3-4-10)14(5-6-17-2)11-7-12(13(15)16)18-8-11/h7-10H,3-6H2,1-2H3,(H,15,16). The third-order valence-electron chi connectivity index (χ3n) is 3.46. The third kappa shape index (κ3) is 3.03. The number of anilines is 1. The Morgan fingerprint density at radius 3 is 2.89 bits per heavy atom. The number of nitrogens with zero attached hydrogens (tertiary/aromatic N) is 1. The molecule has 1 N–H and O–H groups in total. The summed E-state index contributed by atoms with van der Waals surface area (Å²) in [6.45, 7) is 3.69. The van der Waals surface area contributed by atoms with Gasteiger partial charge < -0.3 is 14.7 Å². The SMILES string of the molecule is COCCN(c1csc(C(=O)O)c1)C(C)C1CC1. The van der Waals surface area contributed by atoms with E-state index in [-0.39, 0.29) is 0 Å². The maximum Gasteiger partial charge on any atom is 0.345 e. The van der Waals surface area contributed by atoms with Gasteiger partial charge in [0.1, 0.15) is 4.88 Å². The molecule has 1 aromatic heterocycles. The molecule has 0 radical (unpaired) electrons. The van der Waals surface area contributed by atoms with E-state index in [2.05, 4.69) is 11.8 Å². The second-order valence-corrected chi connectivity index (χ2v) is 5.65. The van der Waals surface area contributed by atoms with Gasteiger partial charge in [-0.2, -0.15) is 0 Å². The highest BCUT2D eigenvalue weighted by Crippen LogP contribution is 2.37. The molecule has 1 heterocycles. The minimum atomic E-state index is -0.850. The van der Waals surface area contributed by atoms with E-state index in [1.807, 2.05) is 5.38 Å². The van der Waals surface area contributed by atoms with Gasteiger partial charge >= 0.3 is 5.97 Å². The monoisotopic (exact) mass is 269 g/mol. The van der Waals surface area contributed by atoms with Gasteiger partial charge in [-0.15, -0.1) is 11.3 Å². The molecule has 0 aliphatic heterocycles. The van der Waals surface area contributed by atoms with Crippen molar-refractivity contribution >= 4 is 23.0 Å². The van der Waals surface area contributed by atoms with Crippen LogP contribution in [0.15, 0.2) is 11.4 Å². The Balaban J connectivity index is 2.12. The second-order valence-electron chi connectivity index (χ2n) is 4.74. The van der Waals surface area contributed by atoms with E-state index in [0.717, 1.165) is 18.2 Å². The fraction of sp³-hybridized carbons (Fsp3) is 0.615. The summed E-state index contributed by atoms with van der Waals surface area (Å²) < 4.78 is 5.14. The number of thiophene rings is 1. The van der Waals surface area contributed by atoms with Gasteiger partial charge in [0.05, 0.1) is 6.61 Å². The fourth-order valence-corrected chi connectivity index (χ4v) is 2.92. The smallest absolute Gasteiger partial charge is 0.345 e. The Hall–Kier alpha value is -1.07. The number of carbonyl (C=O) groups is 1. The zero-order valence-corrected chi connectivity index (χ0v) is 11.6. The van der Waals surface area contributed by atoms with Crippen LogP contribution in [0.25, 0.3) is 0 Å². The van der Waals surface area contributed by atoms with Crippen molar-refractivity contribution in [3.05, 3.63) is 16.3 Å². The van der Waals surface area contributed by atoms with Gasteiger partial charge in [0, 0.05) is 30.8 Å². The molecule has 1 aliphatic rings. The lowest BCUT2D eigenvalue weighted by Gasteiger charge is -2.30. The van der Waals surface area contributed by atoms with Crippen LogP contribution >= 0.6 is 11.3 Å². The summed E-state index contributed by atoms with van der Waals surface area (Å²) in [5, 5.41) is 10.9. The lowest BCUT2D eigenvalue weighted by molar-refractivity contribution is 0.0702. The topological polar surface area (TPSA) is 49.8 Å². The molecule has 2 rings (SSSR count). The van der Waals surface area contributed by atoms with Gasteiger partial charge in [0.2, 0.25) is 0 Å². The van der Waals surface area contributed by atoms with E-state index in [0.29, 0.717) is 17.5 Å². The Morgan fingerprint density at radius 1 is 1.67 bits per heavy atom. The summed E-state index contributed by atoms with van der Waals surface area (Å²) in [5.74, 6) is -0.105. The van der Waals surface area contributed by atoms with Crippen molar-refractivity contribution in [1.29, 1.82) is 0 Å². The van der Waals surface area contributed by atoms with Crippen molar-refractivity contribution in [2.45, 2.75) is 25.8 Å². The number of carboxylic acid groups (broad SMARTS) is 1. The Kier molecular flexibility index (Phi) is 4.24. The average Bonchev–Trinajstić information content (AvgIpc) is 3.08. The molecule has 1 unspecified atom stereocenters. The molecule has 1 aliphatic carbocycles. The van der Waals surface area contributed by atoms with E-state index in [9.17, 15) is 4.79 Å². The molecule has 5 heteroatoms. The number of ether oxygens (including phenoxy) is 1. The number of aromatic carboxylic acids is 1. The van der Waals surface area contributed by atoms with Crippen LogP contribution in [0.1, 0.15) is 29.4 Å². The van der Waals surface area contributed by atoms with Crippen LogP contribution in [0.4, 0.5) is 5.69 Å². The Bertz CT molecular complexity index is 414. The molecule has 4 nitrogen and oxygen atoms in total. The highest BCUT2D eigenvalue weighted by Gasteiger charge is 2.32. The summed E-state index contributed by atoms with van der Waals surface area (Å²) in [5.41, 5.74) is 1.01. The van der Waals surface area contributed by atoms with Gasteiger partial charge in [-0.1, -0.05) is 0 Å². The second kappa shape index (κ2) is 5.71. The van der Waals surface area contributed by atoms with Crippen LogP contribution in [0.2, 0.25) is 0 Å². The highest BCUT2D eigenvalue weighted by molar-refractivity contribution is 7.12. The van der Waals surface area contributed by atoms with E-state index in [1.165, 1.54) is 24.2 Å². The van der Waals surface area contributed by atoms with Crippen LogP contribution < -0.4 is 4.90 Å². The predicted molar refractivity (Wildman–Crippen MR) is 72.7 cm³/mol. The molecule has 0 saturated heterocycles. The summed E-state index contributed by atoms with van der Waals surface area (Å²) in [7, 11) is 1.69. The largest absolute Gasteiger partial charge is 0.477 e. The van der Waals surface area contributed by atoms with Gasteiger partial charge in [-0.05, 0) is 31.7 Å². The van der Waals surface area contributed by atoms with Gasteiger partial charge in [-0.25, -0.2) is 4.79 Å². The van der Waals surface area contributed by atoms with E-state index in [4.69, 9.17) is 9.84 Å². The van der Waals surface area contributed by atoms with Crippen molar-refractivity contribution in [2.75, 3.05) is 25.2 Å². The fourth-order valence-electron chi connectivity index (χ4n) is 2.18. The summed E-state index contributed by atoms with van der Waals surface area (Å²) in [6.07, 6.45) is 2.56. The maximum atomic E-state index is 10.9. The normalized spacial score (nSPS) is 16.6. The molecule has 18 heavy (non-hydrogen) atoms. The first-order chi connectivity index (χ1) is 8.63. The first-order valence-corrected chi connectivity index (χ1v) is 7.09. The van der Waals surface area contributed by atoms with Crippen LogP contribution in [-0.4, -0.2) is 37.4 Å². The van der Waals surface area contributed by atoms with Crippen LogP contribution in [-0.2, 0) is 4.74 Å². The molecule has 0 aromatic carbocycles. The Morgan fingerprint density at radius 2 is 2.39 bits per heavy atom. The van der Waals surface area contributed by atoms with Crippen LogP contribution in [0, 0.1) is 5.92 Å². The van der Waals surface area contributed by atoms with Crippen LogP contribution in [0.3, 0.4) is 0 Å². The number of hydrogen-bond donors (Lipinski definition) is 1. The number of hydrogen-bond acceptors (Lipinski definition) is 4. The molecule has 1 fully saturated rings. The lowest BCUT2D eigenvalue weighted by Crippen LogP contribution is -2.37. The minimum absolute atomic E-state index is 0.399. The number of rotatable bonds is 7. The summed E-state index contributed by atoms with van der Waals surface area (Å²) in [6, 6.07) is 2.22. The average molecular weight is 269 g/mol. The summed E-state index contributed by atoms with van der Waals surface area (Å²) >= 11 is 1.29. The molecule has 100 valence electrons. The molecule has 0 bridgehead atoms.